The van der Waals surface area contributed by atoms with Crippen molar-refractivity contribution in [2.24, 2.45) is 0 Å². The van der Waals surface area contributed by atoms with Gasteiger partial charge in [0.1, 0.15) is 0 Å². The van der Waals surface area contributed by atoms with E-state index in [1.807, 2.05) is 0 Å². The maximum Gasteiger partial charge on any atom is 0.166 e. The van der Waals surface area contributed by atoms with Crippen molar-refractivity contribution in [1.82, 2.24) is 21.3 Å². The van der Waals surface area contributed by atoms with Crippen LogP contribution in [0.5, 0.6) is 0 Å². The SMILES string of the molecule is O=S1(=O)CCC(NC(=S)NCCCCCCNC(=S)NC2CCS(=O)(=O)C2)C1. The van der Waals surface area contributed by atoms with Gasteiger partial charge < -0.3 is 21.3 Å². The second-order valence-electron chi connectivity index (χ2n) is 7.41. The summed E-state index contributed by atoms with van der Waals surface area (Å²) in [6.45, 7) is 1.52. The summed E-state index contributed by atoms with van der Waals surface area (Å²) in [6, 6.07) is -0.143. The second kappa shape index (κ2) is 10.9. The van der Waals surface area contributed by atoms with Crippen LogP contribution in [0.4, 0.5) is 0 Å². The predicted octanol–water partition coefficient (Wildman–Crippen LogP) is -0.151. The van der Waals surface area contributed by atoms with Gasteiger partial charge in [0.15, 0.2) is 29.9 Å². The summed E-state index contributed by atoms with van der Waals surface area (Å²) in [4.78, 5) is 0. The summed E-state index contributed by atoms with van der Waals surface area (Å²) in [5, 5.41) is 13.4. The van der Waals surface area contributed by atoms with Gasteiger partial charge in [0.25, 0.3) is 0 Å². The van der Waals surface area contributed by atoms with Crippen molar-refractivity contribution in [1.29, 1.82) is 0 Å². The lowest BCUT2D eigenvalue weighted by Gasteiger charge is -2.15. The molecule has 2 saturated heterocycles. The number of unbranched alkanes of at least 4 members (excludes halogenated alkanes) is 3. The average Bonchev–Trinajstić information content (AvgIpc) is 3.10. The highest BCUT2D eigenvalue weighted by Crippen LogP contribution is 2.11. The fraction of sp³-hybridized carbons (Fsp3) is 0.875. The molecule has 0 radical (unpaired) electrons. The van der Waals surface area contributed by atoms with Crippen LogP contribution in [0.25, 0.3) is 0 Å². The van der Waals surface area contributed by atoms with Gasteiger partial charge in [0.2, 0.25) is 0 Å². The molecule has 4 N–H and O–H groups in total. The van der Waals surface area contributed by atoms with Gasteiger partial charge in [-0.1, -0.05) is 12.8 Å². The topological polar surface area (TPSA) is 116 Å². The summed E-state index contributed by atoms with van der Waals surface area (Å²) < 4.78 is 45.7. The second-order valence-corrected chi connectivity index (χ2v) is 12.7. The third-order valence-corrected chi connectivity index (χ3v) is 8.87. The maximum atomic E-state index is 11.4. The maximum absolute atomic E-state index is 11.4. The Labute approximate surface area is 178 Å². The van der Waals surface area contributed by atoms with E-state index in [2.05, 4.69) is 21.3 Å². The van der Waals surface area contributed by atoms with Crippen LogP contribution in [-0.2, 0) is 19.7 Å². The Morgan fingerprint density at radius 1 is 0.714 bits per heavy atom. The number of nitrogens with one attached hydrogen (secondary N) is 4. The van der Waals surface area contributed by atoms with E-state index in [1.54, 1.807) is 0 Å². The Bertz CT molecular complexity index is 691. The van der Waals surface area contributed by atoms with E-state index >= 15 is 0 Å². The molecule has 2 unspecified atom stereocenters. The van der Waals surface area contributed by atoms with E-state index in [-0.39, 0.29) is 35.1 Å². The van der Waals surface area contributed by atoms with Gasteiger partial charge in [-0.2, -0.15) is 0 Å². The first-order chi connectivity index (χ1) is 13.2. The van der Waals surface area contributed by atoms with Crippen LogP contribution in [0.15, 0.2) is 0 Å². The third kappa shape index (κ3) is 9.19. The Morgan fingerprint density at radius 2 is 1.11 bits per heavy atom. The molecule has 2 atom stereocenters. The molecule has 28 heavy (non-hydrogen) atoms. The molecule has 2 heterocycles. The molecular weight excluding hydrogens is 440 g/mol. The lowest BCUT2D eigenvalue weighted by Crippen LogP contribution is -2.42. The molecule has 0 aromatic rings. The molecule has 0 bridgehead atoms. The number of hydrogen-bond acceptors (Lipinski definition) is 6. The molecule has 0 aliphatic carbocycles. The zero-order valence-electron chi connectivity index (χ0n) is 15.9. The molecule has 8 nitrogen and oxygen atoms in total. The minimum absolute atomic E-state index is 0.0714. The minimum Gasteiger partial charge on any atom is -0.363 e. The fourth-order valence-corrected chi connectivity index (χ4v) is 7.18. The number of thiocarbonyl (C=S) groups is 2. The lowest BCUT2D eigenvalue weighted by molar-refractivity contribution is 0.595. The van der Waals surface area contributed by atoms with Crippen molar-refractivity contribution in [2.45, 2.75) is 50.6 Å². The predicted molar refractivity (Wildman–Crippen MR) is 120 cm³/mol. The largest absolute Gasteiger partial charge is 0.363 e. The smallest absolute Gasteiger partial charge is 0.166 e. The molecule has 0 aromatic heterocycles. The van der Waals surface area contributed by atoms with Gasteiger partial charge in [0, 0.05) is 25.2 Å². The standard InChI is InChI=1S/C16H30N4O4S4/c21-27(22)9-5-13(11-27)19-15(25)17-7-3-1-2-4-8-18-16(26)20-14-6-10-28(23,24)12-14/h13-14H,1-12H2,(H2,17,19,25)(H2,18,20,26). The summed E-state index contributed by atoms with van der Waals surface area (Å²) in [6.07, 6.45) is 5.29. The Hall–Kier alpha value is -0.720. The van der Waals surface area contributed by atoms with Crippen molar-refractivity contribution in [2.75, 3.05) is 36.1 Å². The highest BCUT2D eigenvalue weighted by Gasteiger charge is 2.28. The van der Waals surface area contributed by atoms with Crippen LogP contribution >= 0.6 is 24.4 Å². The van der Waals surface area contributed by atoms with Crippen molar-refractivity contribution < 1.29 is 16.8 Å². The zero-order chi connectivity index (χ0) is 20.6. The van der Waals surface area contributed by atoms with Crippen molar-refractivity contribution in [3.05, 3.63) is 0 Å². The van der Waals surface area contributed by atoms with Gasteiger partial charge in [-0.3, -0.25) is 0 Å². The number of rotatable bonds is 9. The molecular formula is C16H30N4O4S4. The summed E-state index contributed by atoms with van der Waals surface area (Å²) in [5.41, 5.74) is 0. The van der Waals surface area contributed by atoms with Crippen LogP contribution in [-0.4, -0.2) is 75.2 Å². The van der Waals surface area contributed by atoms with Crippen molar-refractivity contribution >= 4 is 54.3 Å². The van der Waals surface area contributed by atoms with E-state index < -0.39 is 19.7 Å². The normalized spacial score (nSPS) is 25.1. The molecule has 162 valence electrons. The Kier molecular flexibility index (Phi) is 9.16. The van der Waals surface area contributed by atoms with Crippen molar-refractivity contribution in [3.8, 4) is 0 Å². The van der Waals surface area contributed by atoms with Gasteiger partial charge >= 0.3 is 0 Å². The molecule has 2 fully saturated rings. The molecule has 2 rings (SSSR count). The average molecular weight is 471 g/mol. The first-order valence-electron chi connectivity index (χ1n) is 9.65. The molecule has 0 amide bonds. The van der Waals surface area contributed by atoms with E-state index in [4.69, 9.17) is 24.4 Å². The fourth-order valence-electron chi connectivity index (χ4n) is 3.30. The molecule has 12 heteroatoms. The molecule has 0 spiro atoms. The quantitative estimate of drug-likeness (QED) is 0.268. The van der Waals surface area contributed by atoms with Crippen LogP contribution in [0, 0.1) is 0 Å². The first-order valence-corrected chi connectivity index (χ1v) is 14.1. The van der Waals surface area contributed by atoms with Gasteiger partial charge in [-0.05, 0) is 50.1 Å². The van der Waals surface area contributed by atoms with Crippen molar-refractivity contribution in [3.63, 3.8) is 0 Å². The molecule has 2 aliphatic rings. The first kappa shape index (κ1) is 23.6. The third-order valence-electron chi connectivity index (χ3n) is 4.81. The lowest BCUT2D eigenvalue weighted by atomic mass is 10.2. The van der Waals surface area contributed by atoms with E-state index in [0.29, 0.717) is 23.1 Å². The number of hydrogen-bond donors (Lipinski definition) is 4. The molecule has 2 aliphatic heterocycles. The van der Waals surface area contributed by atoms with E-state index in [1.165, 1.54) is 0 Å². The molecule has 0 saturated carbocycles. The van der Waals surface area contributed by atoms with Crippen LogP contribution in [0.1, 0.15) is 38.5 Å². The van der Waals surface area contributed by atoms with Gasteiger partial charge in [-0.15, -0.1) is 0 Å². The van der Waals surface area contributed by atoms with Gasteiger partial charge in [0.05, 0.1) is 23.0 Å². The van der Waals surface area contributed by atoms with E-state index in [0.717, 1.165) is 38.8 Å². The van der Waals surface area contributed by atoms with Crippen LogP contribution < -0.4 is 21.3 Å². The van der Waals surface area contributed by atoms with Crippen LogP contribution in [0.2, 0.25) is 0 Å². The highest BCUT2D eigenvalue weighted by atomic mass is 32.2. The summed E-state index contributed by atoms with van der Waals surface area (Å²) in [5.74, 6) is 0.796. The summed E-state index contributed by atoms with van der Waals surface area (Å²) >= 11 is 10.4. The Morgan fingerprint density at radius 3 is 1.43 bits per heavy atom. The molecule has 0 aromatic carbocycles. The number of sulfone groups is 2. The zero-order valence-corrected chi connectivity index (χ0v) is 19.2. The Balaban J connectivity index is 1.41. The summed E-state index contributed by atoms with van der Waals surface area (Å²) in [7, 11) is -5.79. The highest BCUT2D eigenvalue weighted by molar-refractivity contribution is 7.92. The monoisotopic (exact) mass is 470 g/mol. The van der Waals surface area contributed by atoms with E-state index in [9.17, 15) is 16.8 Å². The minimum atomic E-state index is -2.89. The van der Waals surface area contributed by atoms with Gasteiger partial charge in [-0.25, -0.2) is 16.8 Å². The van der Waals surface area contributed by atoms with Crippen LogP contribution in [0.3, 0.4) is 0 Å².